The van der Waals surface area contributed by atoms with Crippen molar-refractivity contribution in [1.29, 1.82) is 0 Å². The Morgan fingerprint density at radius 2 is 1.77 bits per heavy atom. The normalized spacial score (nSPS) is 35.8. The molecule has 1 unspecified atom stereocenters. The minimum absolute atomic E-state index is 0.0368. The highest BCUT2D eigenvalue weighted by Gasteiger charge is 2.67. The number of piperidine rings is 1. The second-order valence-corrected chi connectivity index (χ2v) is 14.6. The highest BCUT2D eigenvalue weighted by molar-refractivity contribution is 7.89. The maximum atomic E-state index is 14.0. The number of aryl methyl sites for hydroxylation is 1. The summed E-state index contributed by atoms with van der Waals surface area (Å²) < 4.78 is 29.9. The molecule has 1 spiro atoms. The van der Waals surface area contributed by atoms with Gasteiger partial charge in [-0.3, -0.25) is 4.79 Å². The highest BCUT2D eigenvalue weighted by atomic mass is 32.2. The van der Waals surface area contributed by atoms with Gasteiger partial charge in [-0.1, -0.05) is 38.1 Å². The Morgan fingerprint density at radius 3 is 2.46 bits per heavy atom. The Kier molecular flexibility index (Phi) is 5.49. The van der Waals surface area contributed by atoms with Gasteiger partial charge >= 0.3 is 0 Å². The van der Waals surface area contributed by atoms with Gasteiger partial charge in [0.1, 0.15) is 0 Å². The number of sulfonamides is 1. The van der Waals surface area contributed by atoms with Gasteiger partial charge in [-0.15, -0.1) is 0 Å². The van der Waals surface area contributed by atoms with E-state index < -0.39 is 10.0 Å². The molecule has 1 amide bonds. The summed E-state index contributed by atoms with van der Waals surface area (Å²) in [7, 11) is -1.57. The Hall–Kier alpha value is -1.44. The standard InChI is InChI=1S/C28H41N3O3S/c1-26(2)21-9-12-28(26,24(18-21)31-15-10-23(29-3)25(31)32)19-35(33,34)30-16-13-27(14-17-30)11-8-20-6-4-5-7-22(20)27/h4-7,21,23-24,29H,8-19H2,1-3H3/t21-,23?,24+,28-/m1/s1. The number of likely N-dealkylation sites (tertiary alicyclic amines) is 1. The molecule has 7 heteroatoms. The number of carbonyl (C=O) groups is 1. The van der Waals surface area contributed by atoms with Crippen molar-refractivity contribution in [2.24, 2.45) is 16.7 Å². The van der Waals surface area contributed by atoms with E-state index in [0.717, 1.165) is 57.9 Å². The Labute approximate surface area is 210 Å². The van der Waals surface area contributed by atoms with Crippen LogP contribution < -0.4 is 5.32 Å². The summed E-state index contributed by atoms with van der Waals surface area (Å²) in [6, 6.07) is 8.67. The van der Waals surface area contributed by atoms with E-state index in [-0.39, 0.29) is 40.0 Å². The molecule has 4 fully saturated rings. The van der Waals surface area contributed by atoms with Crippen LogP contribution in [0.3, 0.4) is 0 Å². The quantitative estimate of drug-likeness (QED) is 0.675. The monoisotopic (exact) mass is 499 g/mol. The number of nitrogens with one attached hydrogen (secondary N) is 1. The molecular formula is C28H41N3O3S. The van der Waals surface area contributed by atoms with Crippen LogP contribution in [0.25, 0.3) is 0 Å². The van der Waals surface area contributed by atoms with Crippen molar-refractivity contribution in [3.63, 3.8) is 0 Å². The summed E-state index contributed by atoms with van der Waals surface area (Å²) in [5, 5.41) is 3.16. The predicted octanol–water partition coefficient (Wildman–Crippen LogP) is 3.31. The molecule has 1 aromatic carbocycles. The van der Waals surface area contributed by atoms with E-state index in [4.69, 9.17) is 0 Å². The lowest BCUT2D eigenvalue weighted by Crippen LogP contribution is -2.56. The van der Waals surface area contributed by atoms with Gasteiger partial charge in [-0.05, 0) is 86.3 Å². The van der Waals surface area contributed by atoms with Crippen LogP contribution >= 0.6 is 0 Å². The lowest BCUT2D eigenvalue weighted by molar-refractivity contribution is -0.134. The lowest BCUT2D eigenvalue weighted by Gasteiger charge is -2.47. The number of benzene rings is 1. The zero-order valence-electron chi connectivity index (χ0n) is 21.6. The summed E-state index contributed by atoms with van der Waals surface area (Å²) in [5.41, 5.74) is 2.62. The molecule has 2 bridgehead atoms. The van der Waals surface area contributed by atoms with Crippen LogP contribution in [0.1, 0.15) is 69.9 Å². The van der Waals surface area contributed by atoms with E-state index in [1.54, 1.807) is 4.31 Å². The molecule has 5 aliphatic rings. The van der Waals surface area contributed by atoms with Gasteiger partial charge in [0.25, 0.3) is 0 Å². The van der Waals surface area contributed by atoms with Crippen LogP contribution in [0.5, 0.6) is 0 Å². The highest BCUT2D eigenvalue weighted by Crippen LogP contribution is 2.67. The molecule has 2 saturated carbocycles. The van der Waals surface area contributed by atoms with E-state index in [0.29, 0.717) is 19.0 Å². The Bertz CT molecular complexity index is 1120. The van der Waals surface area contributed by atoms with Gasteiger partial charge in [0, 0.05) is 31.1 Å². The number of amides is 1. The SMILES string of the molecule is CNC1CCN([C@H]2C[C@H]3CC[C@]2(CS(=O)(=O)N2CCC4(CCc5ccccc54)CC2)C3(C)C)C1=O. The number of likely N-dealkylation sites (N-methyl/N-ethyl adjacent to an activating group) is 1. The molecule has 6 rings (SSSR count). The summed E-state index contributed by atoms with van der Waals surface area (Å²) in [5.74, 6) is 0.840. The molecule has 0 radical (unpaired) electrons. The summed E-state index contributed by atoms with van der Waals surface area (Å²) in [6.45, 7) is 6.52. The molecule has 35 heavy (non-hydrogen) atoms. The molecule has 2 aliphatic heterocycles. The first-order valence-corrected chi connectivity index (χ1v) is 15.3. The van der Waals surface area contributed by atoms with Crippen molar-refractivity contribution in [2.45, 2.75) is 82.7 Å². The smallest absolute Gasteiger partial charge is 0.240 e. The Balaban J connectivity index is 1.24. The van der Waals surface area contributed by atoms with Crippen LogP contribution in [0.4, 0.5) is 0 Å². The molecule has 6 nitrogen and oxygen atoms in total. The molecule has 4 atom stereocenters. The van der Waals surface area contributed by atoms with Gasteiger partial charge in [-0.2, -0.15) is 0 Å². The van der Waals surface area contributed by atoms with Crippen LogP contribution in [0.15, 0.2) is 24.3 Å². The maximum absolute atomic E-state index is 14.0. The van der Waals surface area contributed by atoms with E-state index in [1.807, 2.05) is 7.05 Å². The number of hydrogen-bond donors (Lipinski definition) is 1. The minimum Gasteiger partial charge on any atom is -0.338 e. The minimum atomic E-state index is -3.42. The van der Waals surface area contributed by atoms with Gasteiger partial charge in [0.15, 0.2) is 0 Å². The maximum Gasteiger partial charge on any atom is 0.240 e. The fourth-order valence-electron chi connectivity index (χ4n) is 8.98. The number of nitrogens with zero attached hydrogens (tertiary/aromatic N) is 2. The topological polar surface area (TPSA) is 69.7 Å². The van der Waals surface area contributed by atoms with Gasteiger partial charge in [-0.25, -0.2) is 12.7 Å². The molecule has 0 aromatic heterocycles. The predicted molar refractivity (Wildman–Crippen MR) is 138 cm³/mol. The third-order valence-corrected chi connectivity index (χ3v) is 13.4. The molecule has 2 heterocycles. The molecule has 2 saturated heterocycles. The summed E-state index contributed by atoms with van der Waals surface area (Å²) in [4.78, 5) is 15.2. The van der Waals surface area contributed by atoms with Crippen molar-refractivity contribution in [2.75, 3.05) is 32.4 Å². The van der Waals surface area contributed by atoms with Gasteiger partial charge in [0.05, 0.1) is 11.8 Å². The first-order chi connectivity index (χ1) is 16.6. The lowest BCUT2D eigenvalue weighted by atomic mass is 9.68. The molecule has 1 aromatic rings. The number of hydrogen-bond acceptors (Lipinski definition) is 4. The van der Waals surface area contributed by atoms with Crippen LogP contribution in [0.2, 0.25) is 0 Å². The second kappa shape index (κ2) is 8.03. The summed E-state index contributed by atoms with van der Waals surface area (Å²) >= 11 is 0. The largest absolute Gasteiger partial charge is 0.338 e. The molecule has 3 aliphatic carbocycles. The van der Waals surface area contributed by atoms with Gasteiger partial charge in [0.2, 0.25) is 15.9 Å². The third-order valence-electron chi connectivity index (χ3n) is 11.3. The van der Waals surface area contributed by atoms with E-state index in [9.17, 15) is 13.2 Å². The third kappa shape index (κ3) is 3.33. The number of carbonyl (C=O) groups excluding carboxylic acids is 1. The van der Waals surface area contributed by atoms with Crippen molar-refractivity contribution < 1.29 is 13.2 Å². The fourth-order valence-corrected chi connectivity index (χ4v) is 11.3. The van der Waals surface area contributed by atoms with Crippen molar-refractivity contribution in [3.05, 3.63) is 35.4 Å². The summed E-state index contributed by atoms with van der Waals surface area (Å²) in [6.07, 6.45) is 7.84. The van der Waals surface area contributed by atoms with E-state index >= 15 is 0 Å². The van der Waals surface area contributed by atoms with Gasteiger partial charge < -0.3 is 10.2 Å². The van der Waals surface area contributed by atoms with Crippen LogP contribution in [-0.2, 0) is 26.7 Å². The van der Waals surface area contributed by atoms with Crippen LogP contribution in [-0.4, -0.2) is 68.0 Å². The first kappa shape index (κ1) is 23.9. The second-order valence-electron chi connectivity index (χ2n) is 12.6. The number of fused-ring (bicyclic) bond motifs is 4. The average Bonchev–Trinajstić information content (AvgIpc) is 3.51. The molecular weight excluding hydrogens is 458 g/mol. The van der Waals surface area contributed by atoms with Crippen LogP contribution in [0, 0.1) is 16.7 Å². The van der Waals surface area contributed by atoms with E-state index in [1.165, 1.54) is 11.1 Å². The fraction of sp³-hybridized carbons (Fsp3) is 0.750. The Morgan fingerprint density at radius 1 is 1.03 bits per heavy atom. The van der Waals surface area contributed by atoms with E-state index in [2.05, 4.69) is 48.3 Å². The molecule has 1 N–H and O–H groups in total. The van der Waals surface area contributed by atoms with Crippen molar-refractivity contribution in [3.8, 4) is 0 Å². The first-order valence-electron chi connectivity index (χ1n) is 13.7. The zero-order chi connectivity index (χ0) is 24.6. The number of rotatable bonds is 5. The zero-order valence-corrected chi connectivity index (χ0v) is 22.4. The van der Waals surface area contributed by atoms with Crippen molar-refractivity contribution >= 4 is 15.9 Å². The molecule has 192 valence electrons. The average molecular weight is 500 g/mol. The van der Waals surface area contributed by atoms with Crippen molar-refractivity contribution in [1.82, 2.24) is 14.5 Å².